The average Bonchev–Trinajstić information content (AvgIpc) is 3.17. The number of anilines is 2. The molecule has 2 amide bonds. The van der Waals surface area contributed by atoms with Crippen LogP contribution >= 0.6 is 0 Å². The Labute approximate surface area is 176 Å². The van der Waals surface area contributed by atoms with Crippen LogP contribution in [0.3, 0.4) is 0 Å². The van der Waals surface area contributed by atoms with Gasteiger partial charge in [-0.2, -0.15) is 4.31 Å². The molecule has 0 bridgehead atoms. The molecule has 2 fully saturated rings. The summed E-state index contributed by atoms with van der Waals surface area (Å²) in [7, 11) is -3.50. The van der Waals surface area contributed by atoms with Crippen molar-refractivity contribution >= 4 is 33.2 Å². The first kappa shape index (κ1) is 20.6. The van der Waals surface area contributed by atoms with Crippen molar-refractivity contribution in [2.75, 3.05) is 29.9 Å². The lowest BCUT2D eigenvalue weighted by molar-refractivity contribution is -0.122. The minimum Gasteiger partial charge on any atom is -0.326 e. The summed E-state index contributed by atoms with van der Waals surface area (Å²) >= 11 is 0. The number of rotatable bonds is 5. The summed E-state index contributed by atoms with van der Waals surface area (Å²) in [6, 6.07) is 15.5. The van der Waals surface area contributed by atoms with E-state index in [9.17, 15) is 18.0 Å². The zero-order valence-electron chi connectivity index (χ0n) is 16.7. The fourth-order valence-corrected chi connectivity index (χ4v) is 5.47. The van der Waals surface area contributed by atoms with E-state index < -0.39 is 15.9 Å². The topological polar surface area (TPSA) is 86.8 Å². The number of piperidine rings is 1. The molecule has 4 rings (SSSR count). The summed E-state index contributed by atoms with van der Waals surface area (Å²) < 4.78 is 27.0. The quantitative estimate of drug-likeness (QED) is 0.795. The SMILES string of the molecule is O=C(Nc1ccc(S(=O)(=O)N2CCCCC2)cc1)C1CC(=O)N(c2ccccc2)C1. The second-order valence-electron chi connectivity index (χ2n) is 7.72. The molecule has 1 atom stereocenters. The maximum absolute atomic E-state index is 12.7. The van der Waals surface area contributed by atoms with Gasteiger partial charge in [0, 0.05) is 37.4 Å². The first-order valence-electron chi connectivity index (χ1n) is 10.2. The normalized spacial score (nSPS) is 20.3. The van der Waals surface area contributed by atoms with E-state index in [-0.39, 0.29) is 23.1 Å². The molecule has 0 radical (unpaired) electrons. The van der Waals surface area contributed by atoms with Crippen LogP contribution in [-0.2, 0) is 19.6 Å². The molecule has 7 nitrogen and oxygen atoms in total. The van der Waals surface area contributed by atoms with Gasteiger partial charge in [0.25, 0.3) is 0 Å². The number of carbonyl (C=O) groups is 2. The molecule has 2 aromatic carbocycles. The van der Waals surface area contributed by atoms with Crippen LogP contribution in [0.15, 0.2) is 59.5 Å². The first-order chi connectivity index (χ1) is 14.4. The average molecular weight is 428 g/mol. The number of amides is 2. The maximum Gasteiger partial charge on any atom is 0.243 e. The number of hydrogen-bond donors (Lipinski definition) is 1. The molecular weight excluding hydrogens is 402 g/mol. The van der Waals surface area contributed by atoms with Gasteiger partial charge in [-0.1, -0.05) is 24.6 Å². The van der Waals surface area contributed by atoms with Gasteiger partial charge < -0.3 is 10.2 Å². The van der Waals surface area contributed by atoms with E-state index in [1.807, 2.05) is 30.3 Å². The highest BCUT2D eigenvalue weighted by Gasteiger charge is 2.35. The summed E-state index contributed by atoms with van der Waals surface area (Å²) in [5.41, 5.74) is 1.30. The molecule has 1 unspecified atom stereocenters. The predicted molar refractivity (Wildman–Crippen MR) is 115 cm³/mol. The van der Waals surface area contributed by atoms with Crippen LogP contribution < -0.4 is 10.2 Å². The molecule has 2 heterocycles. The lowest BCUT2D eigenvalue weighted by Crippen LogP contribution is -2.35. The Balaban J connectivity index is 1.40. The van der Waals surface area contributed by atoms with Gasteiger partial charge in [0.1, 0.15) is 0 Å². The van der Waals surface area contributed by atoms with Crippen molar-refractivity contribution in [3.05, 3.63) is 54.6 Å². The van der Waals surface area contributed by atoms with Crippen LogP contribution in [-0.4, -0.2) is 44.2 Å². The second-order valence-corrected chi connectivity index (χ2v) is 9.66. The minimum absolute atomic E-state index is 0.0793. The Morgan fingerprint density at radius 1 is 0.933 bits per heavy atom. The highest BCUT2D eigenvalue weighted by molar-refractivity contribution is 7.89. The summed E-state index contributed by atoms with van der Waals surface area (Å²) in [5.74, 6) is -0.771. The van der Waals surface area contributed by atoms with Crippen LogP contribution in [0, 0.1) is 5.92 Å². The largest absolute Gasteiger partial charge is 0.326 e. The van der Waals surface area contributed by atoms with Gasteiger partial charge in [-0.05, 0) is 49.2 Å². The van der Waals surface area contributed by atoms with E-state index in [1.54, 1.807) is 17.0 Å². The van der Waals surface area contributed by atoms with Crippen molar-refractivity contribution < 1.29 is 18.0 Å². The molecule has 0 aliphatic carbocycles. The molecule has 2 aliphatic rings. The lowest BCUT2D eigenvalue weighted by Gasteiger charge is -2.25. The molecule has 2 saturated heterocycles. The molecule has 158 valence electrons. The molecule has 0 aromatic heterocycles. The number of carbonyl (C=O) groups excluding carboxylic acids is 2. The maximum atomic E-state index is 12.7. The highest BCUT2D eigenvalue weighted by atomic mass is 32.2. The number of benzene rings is 2. The summed E-state index contributed by atoms with van der Waals surface area (Å²) in [6.07, 6.45) is 2.98. The first-order valence-corrected chi connectivity index (χ1v) is 11.7. The number of nitrogens with one attached hydrogen (secondary N) is 1. The van der Waals surface area contributed by atoms with E-state index in [0.717, 1.165) is 24.9 Å². The molecule has 1 N–H and O–H groups in total. The lowest BCUT2D eigenvalue weighted by atomic mass is 10.1. The second kappa shape index (κ2) is 8.57. The predicted octanol–water partition coefficient (Wildman–Crippen LogP) is 2.85. The molecule has 0 spiro atoms. The number of hydrogen-bond acceptors (Lipinski definition) is 4. The molecule has 2 aromatic rings. The molecule has 0 saturated carbocycles. The fourth-order valence-electron chi connectivity index (χ4n) is 3.95. The van der Waals surface area contributed by atoms with Crippen molar-refractivity contribution in [1.29, 1.82) is 0 Å². The van der Waals surface area contributed by atoms with Crippen LogP contribution in [0.1, 0.15) is 25.7 Å². The Morgan fingerprint density at radius 2 is 1.60 bits per heavy atom. The van der Waals surface area contributed by atoms with Crippen LogP contribution in [0.2, 0.25) is 0 Å². The smallest absolute Gasteiger partial charge is 0.243 e. The summed E-state index contributed by atoms with van der Waals surface area (Å²) in [6.45, 7) is 1.43. The highest BCUT2D eigenvalue weighted by Crippen LogP contribution is 2.26. The fraction of sp³-hybridized carbons (Fsp3) is 0.364. The zero-order valence-corrected chi connectivity index (χ0v) is 17.5. The van der Waals surface area contributed by atoms with Crippen LogP contribution in [0.4, 0.5) is 11.4 Å². The Morgan fingerprint density at radius 3 is 2.27 bits per heavy atom. The summed E-state index contributed by atoms with van der Waals surface area (Å²) in [5, 5.41) is 2.81. The van der Waals surface area contributed by atoms with E-state index >= 15 is 0 Å². The van der Waals surface area contributed by atoms with E-state index in [2.05, 4.69) is 5.32 Å². The van der Waals surface area contributed by atoms with Gasteiger partial charge in [0.2, 0.25) is 21.8 Å². The zero-order chi connectivity index (χ0) is 21.1. The Bertz CT molecular complexity index is 1020. The Kier molecular flexibility index (Phi) is 5.87. The molecule has 30 heavy (non-hydrogen) atoms. The number of para-hydroxylation sites is 1. The summed E-state index contributed by atoms with van der Waals surface area (Å²) in [4.78, 5) is 26.8. The number of nitrogens with zero attached hydrogens (tertiary/aromatic N) is 2. The van der Waals surface area contributed by atoms with E-state index in [1.165, 1.54) is 16.4 Å². The van der Waals surface area contributed by atoms with Gasteiger partial charge in [-0.15, -0.1) is 0 Å². The van der Waals surface area contributed by atoms with Gasteiger partial charge in [0.05, 0.1) is 10.8 Å². The van der Waals surface area contributed by atoms with Crippen molar-refractivity contribution in [1.82, 2.24) is 4.31 Å². The van der Waals surface area contributed by atoms with Gasteiger partial charge in [-0.25, -0.2) is 8.42 Å². The van der Waals surface area contributed by atoms with Gasteiger partial charge in [-0.3, -0.25) is 9.59 Å². The van der Waals surface area contributed by atoms with Crippen molar-refractivity contribution in [2.24, 2.45) is 5.92 Å². The third-order valence-corrected chi connectivity index (χ3v) is 7.55. The van der Waals surface area contributed by atoms with E-state index in [4.69, 9.17) is 0 Å². The van der Waals surface area contributed by atoms with E-state index in [0.29, 0.717) is 25.3 Å². The van der Waals surface area contributed by atoms with Gasteiger partial charge >= 0.3 is 0 Å². The number of sulfonamides is 1. The van der Waals surface area contributed by atoms with Crippen molar-refractivity contribution in [3.8, 4) is 0 Å². The van der Waals surface area contributed by atoms with Gasteiger partial charge in [0.15, 0.2) is 0 Å². The standard InChI is InChI=1S/C22H25N3O4S/c26-21-15-17(16-25(21)19-7-3-1-4-8-19)22(27)23-18-9-11-20(12-10-18)30(28,29)24-13-5-2-6-14-24/h1,3-4,7-12,17H,2,5-6,13-16H2,(H,23,27). The van der Waals surface area contributed by atoms with Crippen molar-refractivity contribution in [3.63, 3.8) is 0 Å². The molecule has 2 aliphatic heterocycles. The Hall–Kier alpha value is -2.71. The minimum atomic E-state index is -3.50. The molecule has 8 heteroatoms. The van der Waals surface area contributed by atoms with Crippen LogP contribution in [0.25, 0.3) is 0 Å². The monoisotopic (exact) mass is 427 g/mol. The third kappa shape index (κ3) is 4.24. The van der Waals surface area contributed by atoms with Crippen LogP contribution in [0.5, 0.6) is 0 Å². The third-order valence-electron chi connectivity index (χ3n) is 5.64. The molecular formula is C22H25N3O4S. The van der Waals surface area contributed by atoms with Crippen molar-refractivity contribution in [2.45, 2.75) is 30.6 Å².